The van der Waals surface area contributed by atoms with Gasteiger partial charge in [0.1, 0.15) is 11.6 Å². The van der Waals surface area contributed by atoms with Crippen molar-refractivity contribution in [3.8, 4) is 16.3 Å². The van der Waals surface area contributed by atoms with E-state index in [1.807, 2.05) is 24.3 Å². The van der Waals surface area contributed by atoms with Crippen molar-refractivity contribution >= 4 is 28.1 Å². The predicted molar refractivity (Wildman–Crippen MR) is 128 cm³/mol. The number of aromatic nitrogens is 3. The third-order valence-electron chi connectivity index (χ3n) is 5.05. The Balaban J connectivity index is 1.63. The molecule has 31 heavy (non-hydrogen) atoms. The van der Waals surface area contributed by atoms with Crippen molar-refractivity contribution in [2.75, 3.05) is 26.5 Å². The average Bonchev–Trinajstić information content (AvgIpc) is 3.23. The Kier molecular flexibility index (Phi) is 6.15. The van der Waals surface area contributed by atoms with Gasteiger partial charge in [-0.05, 0) is 51.2 Å². The largest absolute Gasteiger partial charge is 0.481 e. The van der Waals surface area contributed by atoms with Crippen LogP contribution < -0.4 is 10.1 Å². The van der Waals surface area contributed by atoms with Gasteiger partial charge < -0.3 is 15.0 Å². The van der Waals surface area contributed by atoms with E-state index in [9.17, 15) is 0 Å². The third-order valence-corrected chi connectivity index (χ3v) is 6.36. The van der Waals surface area contributed by atoms with Gasteiger partial charge >= 0.3 is 0 Å². The maximum atomic E-state index is 5.29. The Morgan fingerprint density at radius 3 is 2.71 bits per heavy atom. The minimum absolute atomic E-state index is 0.0939. The summed E-state index contributed by atoms with van der Waals surface area (Å²) >= 11 is 1.81. The zero-order chi connectivity index (χ0) is 22.0. The second kappa shape index (κ2) is 8.99. The number of hydrogen-bond acceptors (Lipinski definition) is 7. The summed E-state index contributed by atoms with van der Waals surface area (Å²) in [5, 5.41) is 4.47. The minimum atomic E-state index is 0.0939. The topological polar surface area (TPSA) is 63.2 Å². The smallest absolute Gasteiger partial charge is 0.213 e. The van der Waals surface area contributed by atoms with Gasteiger partial charge in [-0.15, -0.1) is 11.3 Å². The Morgan fingerprint density at radius 1 is 1.13 bits per heavy atom. The van der Waals surface area contributed by atoms with Crippen LogP contribution in [0.2, 0.25) is 0 Å². The lowest BCUT2D eigenvalue weighted by Crippen LogP contribution is -2.11. The molecule has 1 aromatic carbocycles. The number of ether oxygens (including phenoxy) is 1. The van der Waals surface area contributed by atoms with Crippen molar-refractivity contribution in [3.05, 3.63) is 64.9 Å². The van der Waals surface area contributed by atoms with Gasteiger partial charge in [0.25, 0.3) is 0 Å². The second-order valence-corrected chi connectivity index (χ2v) is 8.94. The van der Waals surface area contributed by atoms with Gasteiger partial charge in [-0.1, -0.05) is 24.3 Å². The van der Waals surface area contributed by atoms with E-state index in [1.54, 1.807) is 13.3 Å². The summed E-state index contributed by atoms with van der Waals surface area (Å²) in [6.45, 7) is 4.97. The maximum absolute atomic E-state index is 5.29. The van der Waals surface area contributed by atoms with Crippen LogP contribution >= 0.6 is 11.3 Å². The normalized spacial score (nSPS) is 12.3. The summed E-state index contributed by atoms with van der Waals surface area (Å²) in [5.74, 6) is 2.05. The second-order valence-electron chi connectivity index (χ2n) is 7.83. The highest BCUT2D eigenvalue weighted by molar-refractivity contribution is 7.15. The van der Waals surface area contributed by atoms with Crippen molar-refractivity contribution in [2.45, 2.75) is 26.4 Å². The van der Waals surface area contributed by atoms with E-state index in [0.29, 0.717) is 11.7 Å². The van der Waals surface area contributed by atoms with Crippen molar-refractivity contribution in [1.29, 1.82) is 0 Å². The van der Waals surface area contributed by atoms with E-state index < -0.39 is 0 Å². The van der Waals surface area contributed by atoms with E-state index >= 15 is 0 Å². The fourth-order valence-electron chi connectivity index (χ4n) is 3.60. The molecule has 0 aliphatic heterocycles. The lowest BCUT2D eigenvalue weighted by molar-refractivity contribution is 0.398. The molecule has 7 heteroatoms. The van der Waals surface area contributed by atoms with Crippen molar-refractivity contribution < 1.29 is 4.74 Å². The minimum Gasteiger partial charge on any atom is -0.481 e. The number of thiophene rings is 1. The SMILES string of the molecule is COc1cc2c(NC(C)c3ccc(-c4ccccc4CN(C)C)s3)nc(C)nc2cn1. The van der Waals surface area contributed by atoms with Gasteiger partial charge in [-0.25, -0.2) is 15.0 Å². The molecule has 1 atom stereocenters. The molecule has 0 saturated heterocycles. The fourth-order valence-corrected chi connectivity index (χ4v) is 4.67. The van der Waals surface area contributed by atoms with Crippen LogP contribution in [0.5, 0.6) is 5.88 Å². The predicted octanol–water partition coefficient (Wildman–Crippen LogP) is 5.31. The number of nitrogens with one attached hydrogen (secondary N) is 1. The molecule has 4 rings (SSSR count). The molecule has 1 N–H and O–H groups in total. The third kappa shape index (κ3) is 4.68. The van der Waals surface area contributed by atoms with E-state index in [-0.39, 0.29) is 6.04 Å². The average molecular weight is 434 g/mol. The van der Waals surface area contributed by atoms with Crippen LogP contribution in [0.25, 0.3) is 21.3 Å². The molecule has 0 saturated carbocycles. The molecular formula is C24H27N5OS. The summed E-state index contributed by atoms with van der Waals surface area (Å²) in [5.41, 5.74) is 3.42. The number of anilines is 1. The quantitative estimate of drug-likeness (QED) is 0.426. The van der Waals surface area contributed by atoms with E-state index in [4.69, 9.17) is 4.74 Å². The Bertz CT molecular complexity index is 1200. The number of methoxy groups -OCH3 is 1. The van der Waals surface area contributed by atoms with Crippen LogP contribution in [0, 0.1) is 6.92 Å². The van der Waals surface area contributed by atoms with E-state index in [2.05, 4.69) is 82.6 Å². The van der Waals surface area contributed by atoms with Gasteiger partial charge in [0.05, 0.1) is 24.9 Å². The van der Waals surface area contributed by atoms with Crippen LogP contribution in [0.1, 0.15) is 29.2 Å². The lowest BCUT2D eigenvalue weighted by Gasteiger charge is -2.16. The number of benzene rings is 1. The van der Waals surface area contributed by atoms with Gasteiger partial charge in [0.15, 0.2) is 0 Å². The van der Waals surface area contributed by atoms with Crippen molar-refractivity contribution in [1.82, 2.24) is 19.9 Å². The van der Waals surface area contributed by atoms with Gasteiger partial charge in [0.2, 0.25) is 5.88 Å². The van der Waals surface area contributed by atoms with E-state index in [1.165, 1.54) is 20.9 Å². The Hall–Kier alpha value is -3.03. The van der Waals surface area contributed by atoms with Crippen molar-refractivity contribution in [2.24, 2.45) is 0 Å². The molecule has 1 unspecified atom stereocenters. The zero-order valence-corrected chi connectivity index (χ0v) is 19.3. The first kappa shape index (κ1) is 21.2. The summed E-state index contributed by atoms with van der Waals surface area (Å²) in [6, 6.07) is 15.0. The van der Waals surface area contributed by atoms with Gasteiger partial charge in [-0.2, -0.15) is 0 Å². The molecule has 0 amide bonds. The zero-order valence-electron chi connectivity index (χ0n) is 18.5. The number of fused-ring (bicyclic) bond motifs is 1. The molecule has 0 fully saturated rings. The first-order valence-corrected chi connectivity index (χ1v) is 11.0. The van der Waals surface area contributed by atoms with Crippen LogP contribution in [-0.4, -0.2) is 41.1 Å². The molecule has 160 valence electrons. The summed E-state index contributed by atoms with van der Waals surface area (Å²) < 4.78 is 5.29. The summed E-state index contributed by atoms with van der Waals surface area (Å²) in [4.78, 5) is 18.1. The molecular weight excluding hydrogens is 406 g/mol. The number of aryl methyl sites for hydroxylation is 1. The highest BCUT2D eigenvalue weighted by atomic mass is 32.1. The lowest BCUT2D eigenvalue weighted by atomic mass is 10.1. The van der Waals surface area contributed by atoms with Gasteiger partial charge in [-0.3, -0.25) is 0 Å². The maximum Gasteiger partial charge on any atom is 0.213 e. The Morgan fingerprint density at radius 2 is 1.94 bits per heavy atom. The summed E-state index contributed by atoms with van der Waals surface area (Å²) in [7, 11) is 5.81. The standard InChI is InChI=1S/C24H27N5OS/c1-15(26-24-19-12-23(30-5)25-13-20(19)27-16(2)28-24)21-10-11-22(31-21)18-9-7-6-8-17(18)14-29(3)4/h6-13,15H,14H2,1-5H3,(H,26,27,28). The summed E-state index contributed by atoms with van der Waals surface area (Å²) in [6.07, 6.45) is 1.73. The molecule has 3 heterocycles. The first-order valence-electron chi connectivity index (χ1n) is 10.2. The van der Waals surface area contributed by atoms with E-state index in [0.717, 1.165) is 23.3 Å². The molecule has 0 bridgehead atoms. The molecule has 0 aliphatic rings. The van der Waals surface area contributed by atoms with Crippen LogP contribution in [-0.2, 0) is 6.54 Å². The number of nitrogens with zero attached hydrogens (tertiary/aromatic N) is 4. The van der Waals surface area contributed by atoms with Crippen LogP contribution in [0.4, 0.5) is 5.82 Å². The highest BCUT2D eigenvalue weighted by Crippen LogP contribution is 2.35. The van der Waals surface area contributed by atoms with Crippen LogP contribution in [0.3, 0.4) is 0 Å². The fraction of sp³-hybridized carbons (Fsp3) is 0.292. The molecule has 0 aliphatic carbocycles. The monoisotopic (exact) mass is 433 g/mol. The highest BCUT2D eigenvalue weighted by Gasteiger charge is 2.15. The first-order chi connectivity index (χ1) is 14.9. The molecule has 6 nitrogen and oxygen atoms in total. The number of hydrogen-bond donors (Lipinski definition) is 1. The molecule has 3 aromatic heterocycles. The van der Waals surface area contributed by atoms with Crippen molar-refractivity contribution in [3.63, 3.8) is 0 Å². The molecule has 0 radical (unpaired) electrons. The Labute approximate surface area is 187 Å². The molecule has 4 aromatic rings. The van der Waals surface area contributed by atoms with Gasteiger partial charge in [0, 0.05) is 27.8 Å². The number of rotatable bonds is 7. The number of pyridine rings is 1. The van der Waals surface area contributed by atoms with Crippen LogP contribution in [0.15, 0.2) is 48.7 Å². The molecule has 0 spiro atoms.